The predicted molar refractivity (Wildman–Crippen MR) is 46.4 cm³/mol. The van der Waals surface area contributed by atoms with Gasteiger partial charge in [-0.3, -0.25) is 0 Å². The lowest BCUT2D eigenvalue weighted by Gasteiger charge is -2.08. The second-order valence-corrected chi connectivity index (χ2v) is 3.18. The van der Waals surface area contributed by atoms with Crippen LogP contribution in [0.1, 0.15) is 0 Å². The van der Waals surface area contributed by atoms with Crippen LogP contribution in [-0.2, 0) is 0 Å². The molecule has 1 atom stereocenters. The summed E-state index contributed by atoms with van der Waals surface area (Å²) in [4.78, 5) is 2.12. The van der Waals surface area contributed by atoms with Crippen LogP contribution >= 0.6 is 0 Å². The fourth-order valence-electron chi connectivity index (χ4n) is 1.22. The van der Waals surface area contributed by atoms with Gasteiger partial charge >= 0.3 is 0 Å². The van der Waals surface area contributed by atoms with Crippen LogP contribution in [-0.4, -0.2) is 37.3 Å². The summed E-state index contributed by atoms with van der Waals surface area (Å²) in [5, 5.41) is 8.81. The third-order valence-corrected chi connectivity index (χ3v) is 1.70. The molecule has 0 aromatic carbocycles. The molecule has 0 saturated carbocycles. The highest BCUT2D eigenvalue weighted by molar-refractivity contribution is 5.30. The van der Waals surface area contributed by atoms with Gasteiger partial charge in [0.25, 0.3) is 0 Å². The lowest BCUT2D eigenvalue weighted by Crippen LogP contribution is -2.13. The standard InChI is InChI=1S/C9H15NO/c1-10(2)6-8-3-4-9(5-8)7-11/h3-5,9,11H,6-7H2,1-2H3. The molecule has 0 bridgehead atoms. The summed E-state index contributed by atoms with van der Waals surface area (Å²) in [6.45, 7) is 1.19. The van der Waals surface area contributed by atoms with Crippen molar-refractivity contribution in [1.29, 1.82) is 0 Å². The van der Waals surface area contributed by atoms with Gasteiger partial charge < -0.3 is 10.0 Å². The molecule has 0 aromatic rings. The molecule has 2 nitrogen and oxygen atoms in total. The van der Waals surface area contributed by atoms with Gasteiger partial charge in [0, 0.05) is 12.5 Å². The largest absolute Gasteiger partial charge is 0.395 e. The van der Waals surface area contributed by atoms with E-state index in [0.717, 1.165) is 6.54 Å². The maximum atomic E-state index is 8.81. The summed E-state index contributed by atoms with van der Waals surface area (Å²) in [6.07, 6.45) is 6.24. The van der Waals surface area contributed by atoms with Crippen LogP contribution in [0.25, 0.3) is 0 Å². The van der Waals surface area contributed by atoms with E-state index in [-0.39, 0.29) is 12.5 Å². The van der Waals surface area contributed by atoms with E-state index in [9.17, 15) is 0 Å². The number of hydrogen-bond donors (Lipinski definition) is 1. The van der Waals surface area contributed by atoms with Crippen molar-refractivity contribution in [3.8, 4) is 0 Å². The second kappa shape index (κ2) is 3.69. The van der Waals surface area contributed by atoms with Crippen molar-refractivity contribution in [2.45, 2.75) is 0 Å². The highest BCUT2D eigenvalue weighted by Crippen LogP contribution is 2.15. The van der Waals surface area contributed by atoms with E-state index >= 15 is 0 Å². The summed E-state index contributed by atoms with van der Waals surface area (Å²) < 4.78 is 0. The minimum atomic E-state index is 0.230. The number of likely N-dealkylation sites (N-methyl/N-ethyl adjacent to an activating group) is 1. The summed E-state index contributed by atoms with van der Waals surface area (Å²) in [7, 11) is 4.09. The average molecular weight is 153 g/mol. The van der Waals surface area contributed by atoms with Gasteiger partial charge in [0.1, 0.15) is 0 Å². The molecular weight excluding hydrogens is 138 g/mol. The molecule has 0 aromatic heterocycles. The fraction of sp³-hybridized carbons (Fsp3) is 0.556. The normalized spacial score (nSPS) is 22.9. The van der Waals surface area contributed by atoms with Crippen molar-refractivity contribution in [3.63, 3.8) is 0 Å². The minimum absolute atomic E-state index is 0.230. The Hall–Kier alpha value is -0.600. The Balaban J connectivity index is 2.44. The smallest absolute Gasteiger partial charge is 0.0528 e. The Morgan fingerprint density at radius 2 is 2.27 bits per heavy atom. The molecule has 0 heterocycles. The molecular formula is C9H15NO. The Morgan fingerprint density at radius 1 is 1.55 bits per heavy atom. The van der Waals surface area contributed by atoms with Crippen LogP contribution in [0, 0.1) is 5.92 Å². The van der Waals surface area contributed by atoms with Crippen molar-refractivity contribution in [1.82, 2.24) is 4.90 Å². The van der Waals surface area contributed by atoms with Gasteiger partial charge in [-0.1, -0.05) is 18.2 Å². The first-order valence-corrected chi connectivity index (χ1v) is 3.87. The van der Waals surface area contributed by atoms with E-state index in [4.69, 9.17) is 5.11 Å². The number of nitrogens with zero attached hydrogens (tertiary/aromatic N) is 1. The van der Waals surface area contributed by atoms with Crippen LogP contribution < -0.4 is 0 Å². The van der Waals surface area contributed by atoms with E-state index < -0.39 is 0 Å². The zero-order valence-corrected chi connectivity index (χ0v) is 7.12. The van der Waals surface area contributed by atoms with Gasteiger partial charge in [0.05, 0.1) is 6.61 Å². The third kappa shape index (κ3) is 2.48. The van der Waals surface area contributed by atoms with E-state index in [1.165, 1.54) is 5.57 Å². The molecule has 0 saturated heterocycles. The predicted octanol–water partition coefficient (Wildman–Crippen LogP) is 0.653. The first-order valence-electron chi connectivity index (χ1n) is 3.87. The first-order chi connectivity index (χ1) is 5.22. The number of aliphatic hydroxyl groups excluding tert-OH is 1. The summed E-state index contributed by atoms with van der Waals surface area (Å²) in [5.41, 5.74) is 1.30. The molecule has 0 aliphatic heterocycles. The highest BCUT2D eigenvalue weighted by atomic mass is 16.3. The molecule has 0 amide bonds. The monoisotopic (exact) mass is 153 g/mol. The van der Waals surface area contributed by atoms with Crippen LogP contribution in [0.5, 0.6) is 0 Å². The zero-order valence-electron chi connectivity index (χ0n) is 7.12. The quantitative estimate of drug-likeness (QED) is 0.643. The van der Waals surface area contributed by atoms with Crippen molar-refractivity contribution in [2.75, 3.05) is 27.2 Å². The van der Waals surface area contributed by atoms with E-state index in [2.05, 4.69) is 17.1 Å². The van der Waals surface area contributed by atoms with Crippen molar-refractivity contribution in [2.24, 2.45) is 5.92 Å². The maximum Gasteiger partial charge on any atom is 0.0528 e. The molecule has 0 fully saturated rings. The van der Waals surface area contributed by atoms with Gasteiger partial charge in [-0.15, -0.1) is 0 Å². The zero-order chi connectivity index (χ0) is 8.27. The molecule has 2 heteroatoms. The average Bonchev–Trinajstić information content (AvgIpc) is 2.34. The molecule has 1 aliphatic carbocycles. The second-order valence-electron chi connectivity index (χ2n) is 3.18. The molecule has 0 spiro atoms. The summed E-state index contributed by atoms with van der Waals surface area (Å²) in [6, 6.07) is 0. The van der Waals surface area contributed by atoms with Crippen molar-refractivity contribution >= 4 is 0 Å². The topological polar surface area (TPSA) is 23.5 Å². The van der Waals surface area contributed by atoms with Crippen molar-refractivity contribution in [3.05, 3.63) is 23.8 Å². The maximum absolute atomic E-state index is 8.81. The fourth-order valence-corrected chi connectivity index (χ4v) is 1.22. The lowest BCUT2D eigenvalue weighted by molar-refractivity contribution is 0.274. The Bertz CT molecular complexity index is 182. The molecule has 62 valence electrons. The van der Waals surface area contributed by atoms with Gasteiger partial charge in [-0.25, -0.2) is 0 Å². The van der Waals surface area contributed by atoms with Gasteiger partial charge in [-0.2, -0.15) is 0 Å². The summed E-state index contributed by atoms with van der Waals surface area (Å²) >= 11 is 0. The van der Waals surface area contributed by atoms with Crippen LogP contribution in [0.3, 0.4) is 0 Å². The third-order valence-electron chi connectivity index (χ3n) is 1.70. The van der Waals surface area contributed by atoms with E-state index in [1.54, 1.807) is 0 Å². The molecule has 1 rings (SSSR count). The van der Waals surface area contributed by atoms with E-state index in [0.29, 0.717) is 0 Å². The lowest BCUT2D eigenvalue weighted by atomic mass is 10.2. The van der Waals surface area contributed by atoms with E-state index in [1.807, 2.05) is 20.2 Å². The molecule has 1 aliphatic rings. The Morgan fingerprint density at radius 3 is 2.73 bits per heavy atom. The van der Waals surface area contributed by atoms with Gasteiger partial charge in [-0.05, 0) is 19.7 Å². The Kier molecular flexibility index (Phi) is 2.85. The van der Waals surface area contributed by atoms with Crippen LogP contribution in [0.4, 0.5) is 0 Å². The number of hydrogen-bond acceptors (Lipinski definition) is 2. The highest BCUT2D eigenvalue weighted by Gasteiger charge is 2.07. The van der Waals surface area contributed by atoms with Crippen molar-refractivity contribution < 1.29 is 5.11 Å². The SMILES string of the molecule is CN(C)CC1=CC(CO)C=C1. The van der Waals surface area contributed by atoms with Crippen LogP contribution in [0.15, 0.2) is 23.8 Å². The van der Waals surface area contributed by atoms with Gasteiger partial charge in [0.2, 0.25) is 0 Å². The molecule has 11 heavy (non-hydrogen) atoms. The number of aliphatic hydroxyl groups is 1. The Labute approximate surface area is 67.8 Å². The van der Waals surface area contributed by atoms with Gasteiger partial charge in [0.15, 0.2) is 0 Å². The van der Waals surface area contributed by atoms with Crippen LogP contribution in [0.2, 0.25) is 0 Å². The first kappa shape index (κ1) is 8.50. The molecule has 0 radical (unpaired) electrons. The molecule has 1 unspecified atom stereocenters. The summed E-state index contributed by atoms with van der Waals surface area (Å²) in [5.74, 6) is 0.255. The molecule has 1 N–H and O–H groups in total. The minimum Gasteiger partial charge on any atom is -0.395 e. The number of rotatable bonds is 3.